The zero-order valence-electron chi connectivity index (χ0n) is 27.2. The molecule has 3 N–H and O–H groups in total. The van der Waals surface area contributed by atoms with Gasteiger partial charge in [0.25, 0.3) is 6.47 Å². The molecule has 0 unspecified atom stereocenters. The highest BCUT2D eigenvalue weighted by atomic mass is 17.2. The van der Waals surface area contributed by atoms with Crippen molar-refractivity contribution in [3.8, 4) is 0 Å². The van der Waals surface area contributed by atoms with E-state index in [2.05, 4.69) is 0 Å². The first kappa shape index (κ1) is 34.3. The molecular weight excluding hydrogens is 640 g/mol. The second-order valence-corrected chi connectivity index (χ2v) is 12.4. The first-order chi connectivity index (χ1) is 24.2. The summed E-state index contributed by atoms with van der Waals surface area (Å²) in [5, 5.41) is 31.4. The molecule has 3 aliphatic rings. The standard InChI is InChI=1S/C20H18O6.C20H18O4/c21-13-24-12-11-20-16-7-3-1-5-14(16)19(25-26-20,10-9-18(22)23)15-6-2-4-8-17(15)20;21-19(22)11-9-17-13-5-1-2-6-14(13)18(10-12-20(23)24)16-8-4-3-7-15(16)17/h1-8,13H,9-12H2,(H,22,23);1-8H,9-12H2,(H,21,22)(H,23,24). The van der Waals surface area contributed by atoms with Crippen molar-refractivity contribution >= 4 is 45.9 Å². The van der Waals surface area contributed by atoms with Gasteiger partial charge in [-0.3, -0.25) is 19.2 Å². The molecule has 5 aromatic rings. The van der Waals surface area contributed by atoms with Crippen LogP contribution in [0, 0.1) is 0 Å². The normalized spacial score (nSPS) is 18.4. The predicted molar refractivity (Wildman–Crippen MR) is 183 cm³/mol. The van der Waals surface area contributed by atoms with Crippen molar-refractivity contribution in [1.29, 1.82) is 0 Å². The van der Waals surface area contributed by atoms with Crippen LogP contribution in [0.25, 0.3) is 21.5 Å². The number of carboxylic acids is 3. The third-order valence-corrected chi connectivity index (χ3v) is 9.58. The van der Waals surface area contributed by atoms with E-state index in [0.717, 1.165) is 54.9 Å². The third-order valence-electron chi connectivity index (χ3n) is 9.58. The molecule has 0 radical (unpaired) electrons. The number of carboxylic acid groups (broad SMARTS) is 3. The number of aliphatic carboxylic acids is 3. The second-order valence-electron chi connectivity index (χ2n) is 12.4. The summed E-state index contributed by atoms with van der Waals surface area (Å²) in [6, 6.07) is 31.2. The predicted octanol–water partition coefficient (Wildman–Crippen LogP) is 6.90. The molecule has 2 bridgehead atoms. The van der Waals surface area contributed by atoms with Crippen molar-refractivity contribution in [2.45, 2.75) is 56.1 Å². The van der Waals surface area contributed by atoms with Crippen molar-refractivity contribution < 1.29 is 49.0 Å². The van der Waals surface area contributed by atoms with E-state index in [1.807, 2.05) is 97.1 Å². The van der Waals surface area contributed by atoms with Crippen LogP contribution >= 0.6 is 0 Å². The van der Waals surface area contributed by atoms with Crippen LogP contribution in [0.5, 0.6) is 0 Å². The summed E-state index contributed by atoms with van der Waals surface area (Å²) in [4.78, 5) is 55.7. The van der Waals surface area contributed by atoms with Crippen molar-refractivity contribution in [2.75, 3.05) is 6.61 Å². The Labute approximate surface area is 287 Å². The van der Waals surface area contributed by atoms with Gasteiger partial charge in [0.2, 0.25) is 0 Å². The highest BCUT2D eigenvalue weighted by Crippen LogP contribution is 2.59. The SMILES string of the molecule is O=C(O)CCc1c2ccccc2c(CCC(=O)O)c2ccccc12.O=COCCC12OOC(CCC(=O)O)(c3ccccc31)c1ccccc12. The smallest absolute Gasteiger partial charge is 0.303 e. The third kappa shape index (κ3) is 6.31. The Hall–Kier alpha value is -5.58. The lowest BCUT2D eigenvalue weighted by Gasteiger charge is -2.53. The van der Waals surface area contributed by atoms with E-state index in [9.17, 15) is 24.3 Å². The molecule has 0 aromatic heterocycles. The van der Waals surface area contributed by atoms with Gasteiger partial charge in [-0.25, -0.2) is 9.78 Å². The number of aryl methyl sites for hydroxylation is 2. The number of benzene rings is 5. The van der Waals surface area contributed by atoms with Crippen LogP contribution in [0.1, 0.15) is 65.5 Å². The van der Waals surface area contributed by atoms with Gasteiger partial charge in [-0.05, 0) is 74.2 Å². The molecule has 50 heavy (non-hydrogen) atoms. The molecule has 0 spiro atoms. The average Bonchev–Trinajstić information content (AvgIpc) is 3.13. The monoisotopic (exact) mass is 676 g/mol. The Bertz CT molecular complexity index is 1900. The van der Waals surface area contributed by atoms with Gasteiger partial charge in [0.1, 0.15) is 0 Å². The van der Waals surface area contributed by atoms with Gasteiger partial charge >= 0.3 is 17.9 Å². The van der Waals surface area contributed by atoms with Gasteiger partial charge < -0.3 is 20.1 Å². The molecule has 2 aliphatic heterocycles. The summed E-state index contributed by atoms with van der Waals surface area (Å²) in [6.07, 6.45) is 1.66. The number of fused-ring (bicyclic) bond motifs is 3. The number of carbonyl (C=O) groups excluding carboxylic acids is 1. The summed E-state index contributed by atoms with van der Waals surface area (Å²) in [5.41, 5.74) is 3.83. The van der Waals surface area contributed by atoms with Crippen LogP contribution in [-0.4, -0.2) is 46.3 Å². The number of hydrogen-bond acceptors (Lipinski definition) is 7. The quantitative estimate of drug-likeness (QED) is 0.0519. The van der Waals surface area contributed by atoms with E-state index in [4.69, 9.17) is 24.7 Å². The Balaban J connectivity index is 0.000000174. The maximum absolute atomic E-state index is 11.2. The minimum atomic E-state index is -0.959. The van der Waals surface area contributed by atoms with Crippen LogP contribution in [-0.2, 0) is 57.7 Å². The molecule has 5 aromatic carbocycles. The minimum absolute atomic E-state index is 0.0483. The molecule has 0 saturated heterocycles. The summed E-state index contributed by atoms with van der Waals surface area (Å²) in [6.45, 7) is 0.593. The zero-order valence-corrected chi connectivity index (χ0v) is 27.2. The van der Waals surface area contributed by atoms with Gasteiger partial charge in [0.05, 0.1) is 6.61 Å². The number of hydrogen-bond donors (Lipinski definition) is 3. The molecule has 0 saturated carbocycles. The van der Waals surface area contributed by atoms with Crippen LogP contribution < -0.4 is 0 Å². The van der Waals surface area contributed by atoms with Gasteiger partial charge in [-0.15, -0.1) is 0 Å². The summed E-state index contributed by atoms with van der Waals surface area (Å²) < 4.78 is 4.92. The van der Waals surface area contributed by atoms with Crippen molar-refractivity contribution in [1.82, 2.24) is 0 Å². The Morgan fingerprint density at radius 1 is 0.540 bits per heavy atom. The van der Waals surface area contributed by atoms with E-state index < -0.39 is 29.1 Å². The van der Waals surface area contributed by atoms with E-state index in [1.54, 1.807) is 0 Å². The van der Waals surface area contributed by atoms with Crippen LogP contribution in [0.4, 0.5) is 0 Å². The van der Waals surface area contributed by atoms with Crippen molar-refractivity contribution in [3.05, 3.63) is 130 Å². The summed E-state index contributed by atoms with van der Waals surface area (Å²) >= 11 is 0. The minimum Gasteiger partial charge on any atom is -0.481 e. The van der Waals surface area contributed by atoms with Gasteiger partial charge in [-0.2, -0.15) is 0 Å². The maximum Gasteiger partial charge on any atom is 0.303 e. The molecule has 0 fully saturated rings. The highest BCUT2D eigenvalue weighted by molar-refractivity contribution is 6.06. The van der Waals surface area contributed by atoms with Crippen molar-refractivity contribution in [2.24, 2.45) is 0 Å². The fourth-order valence-electron chi connectivity index (χ4n) is 7.45. The molecule has 0 amide bonds. The molecule has 8 rings (SSSR count). The molecule has 10 nitrogen and oxygen atoms in total. The fourth-order valence-corrected chi connectivity index (χ4v) is 7.45. The maximum atomic E-state index is 11.2. The van der Waals surface area contributed by atoms with Gasteiger partial charge in [-0.1, -0.05) is 97.1 Å². The number of rotatable bonds is 13. The fraction of sp³-hybridized carbons (Fsp3) is 0.250. The molecule has 0 atom stereocenters. The lowest BCUT2D eigenvalue weighted by atomic mass is 9.64. The topological polar surface area (TPSA) is 157 Å². The lowest BCUT2D eigenvalue weighted by molar-refractivity contribution is -0.431. The second kappa shape index (κ2) is 14.5. The first-order valence-corrected chi connectivity index (χ1v) is 16.4. The van der Waals surface area contributed by atoms with Gasteiger partial charge in [0, 0.05) is 25.7 Å². The molecule has 2 heterocycles. The largest absolute Gasteiger partial charge is 0.481 e. The zero-order chi connectivity index (χ0) is 35.3. The highest BCUT2D eigenvalue weighted by Gasteiger charge is 2.58. The molecule has 256 valence electrons. The van der Waals surface area contributed by atoms with Gasteiger partial charge in [0.15, 0.2) is 11.2 Å². The number of carbonyl (C=O) groups is 4. The lowest BCUT2D eigenvalue weighted by Crippen LogP contribution is -2.53. The van der Waals surface area contributed by atoms with E-state index in [1.165, 1.54) is 0 Å². The Kier molecular flexibility index (Phi) is 9.94. The van der Waals surface area contributed by atoms with Crippen LogP contribution in [0.15, 0.2) is 97.1 Å². The van der Waals surface area contributed by atoms with E-state index >= 15 is 0 Å². The Morgan fingerprint density at radius 3 is 1.22 bits per heavy atom. The van der Waals surface area contributed by atoms with Crippen LogP contribution in [0.3, 0.4) is 0 Å². The molecule has 1 aliphatic carbocycles. The number of ether oxygens (including phenoxy) is 1. The molecule has 10 heteroatoms. The first-order valence-electron chi connectivity index (χ1n) is 16.4. The van der Waals surface area contributed by atoms with E-state index in [-0.39, 0.29) is 32.3 Å². The molecular formula is C40H36O10. The summed E-state index contributed by atoms with van der Waals surface area (Å²) in [5.74, 6) is -2.53. The Morgan fingerprint density at radius 2 is 0.880 bits per heavy atom. The summed E-state index contributed by atoms with van der Waals surface area (Å²) in [7, 11) is 0. The van der Waals surface area contributed by atoms with Crippen molar-refractivity contribution in [3.63, 3.8) is 0 Å². The average molecular weight is 677 g/mol. The van der Waals surface area contributed by atoms with E-state index in [0.29, 0.717) is 25.7 Å². The van der Waals surface area contributed by atoms with Crippen LogP contribution in [0.2, 0.25) is 0 Å².